The minimum absolute atomic E-state index is 0.0113. The van der Waals surface area contributed by atoms with Gasteiger partial charge in [-0.3, -0.25) is 14.4 Å². The highest BCUT2D eigenvalue weighted by Crippen LogP contribution is 2.34. The molecule has 2 heterocycles. The largest absolute Gasteiger partial charge is 0.382 e. The molecule has 39 heavy (non-hydrogen) atoms. The fourth-order valence-electron chi connectivity index (χ4n) is 5.72. The highest BCUT2D eigenvalue weighted by atomic mass is 16.2. The fourth-order valence-corrected chi connectivity index (χ4v) is 5.72. The van der Waals surface area contributed by atoms with Crippen LogP contribution in [0.2, 0.25) is 0 Å². The Morgan fingerprint density at radius 3 is 2.46 bits per heavy atom. The predicted octanol–water partition coefficient (Wildman–Crippen LogP) is 5.25. The van der Waals surface area contributed by atoms with E-state index in [-0.39, 0.29) is 41.8 Å². The second-order valence-corrected chi connectivity index (χ2v) is 11.4. The molecule has 1 saturated carbocycles. The van der Waals surface area contributed by atoms with Crippen molar-refractivity contribution in [2.45, 2.75) is 104 Å². The van der Waals surface area contributed by atoms with Crippen molar-refractivity contribution in [3.8, 4) is 0 Å². The van der Waals surface area contributed by atoms with Gasteiger partial charge < -0.3 is 21.3 Å². The molecule has 1 aliphatic heterocycles. The Labute approximate surface area is 232 Å². The quantitative estimate of drug-likeness (QED) is 0.340. The van der Waals surface area contributed by atoms with Crippen LogP contribution in [0.1, 0.15) is 109 Å². The normalized spacial score (nSPS) is 21.8. The molecule has 8 nitrogen and oxygen atoms in total. The zero-order valence-electron chi connectivity index (χ0n) is 23.9. The van der Waals surface area contributed by atoms with E-state index in [0.717, 1.165) is 56.3 Å². The number of hydrogen-bond donors (Lipinski definition) is 3. The highest BCUT2D eigenvalue weighted by molar-refractivity contribution is 6.03. The lowest BCUT2D eigenvalue weighted by molar-refractivity contribution is 0.0919. The van der Waals surface area contributed by atoms with Crippen LogP contribution in [0.15, 0.2) is 30.5 Å². The zero-order valence-corrected chi connectivity index (χ0v) is 23.9. The Morgan fingerprint density at radius 1 is 1.13 bits per heavy atom. The summed E-state index contributed by atoms with van der Waals surface area (Å²) in [5.41, 5.74) is 8.58. The van der Waals surface area contributed by atoms with Gasteiger partial charge in [-0.2, -0.15) is 0 Å². The number of nitrogens with one attached hydrogen (secondary N) is 2. The summed E-state index contributed by atoms with van der Waals surface area (Å²) in [6, 6.07) is 7.89. The minimum atomic E-state index is -0.516. The number of carbonyl (C=O) groups excluding carboxylic acids is 3. The van der Waals surface area contributed by atoms with E-state index in [9.17, 15) is 14.4 Å². The summed E-state index contributed by atoms with van der Waals surface area (Å²) in [7, 11) is 0. The van der Waals surface area contributed by atoms with Crippen molar-refractivity contribution < 1.29 is 14.4 Å². The predicted molar refractivity (Wildman–Crippen MR) is 155 cm³/mol. The molecule has 3 unspecified atom stereocenters. The average Bonchev–Trinajstić information content (AvgIpc) is 3.75. The van der Waals surface area contributed by atoms with Crippen molar-refractivity contribution in [1.82, 2.24) is 10.3 Å². The van der Waals surface area contributed by atoms with E-state index < -0.39 is 5.91 Å². The van der Waals surface area contributed by atoms with Gasteiger partial charge in [0.15, 0.2) is 5.78 Å². The minimum Gasteiger partial charge on any atom is -0.382 e. The van der Waals surface area contributed by atoms with Crippen LogP contribution in [0.3, 0.4) is 0 Å². The van der Waals surface area contributed by atoms with Gasteiger partial charge in [-0.15, -0.1) is 0 Å². The third-order valence-electron chi connectivity index (χ3n) is 8.14. The first-order valence-electron chi connectivity index (χ1n) is 14.4. The van der Waals surface area contributed by atoms with Crippen LogP contribution in [0.25, 0.3) is 0 Å². The Bertz CT molecular complexity index is 1210. The molecule has 1 aliphatic carbocycles. The number of primary amides is 1. The summed E-state index contributed by atoms with van der Waals surface area (Å²) >= 11 is 0. The molecule has 0 bridgehead atoms. The van der Waals surface area contributed by atoms with Crippen LogP contribution in [-0.4, -0.2) is 46.7 Å². The number of amides is 2. The smallest absolute Gasteiger partial charge is 0.251 e. The number of anilines is 2. The second-order valence-electron chi connectivity index (χ2n) is 11.4. The van der Waals surface area contributed by atoms with Crippen molar-refractivity contribution in [1.29, 1.82) is 0 Å². The van der Waals surface area contributed by atoms with Crippen molar-refractivity contribution in [2.75, 3.05) is 10.2 Å². The van der Waals surface area contributed by atoms with Gasteiger partial charge in [-0.1, -0.05) is 20.3 Å². The molecule has 2 aromatic rings. The maximum Gasteiger partial charge on any atom is 0.251 e. The van der Waals surface area contributed by atoms with E-state index in [0.29, 0.717) is 22.4 Å². The summed E-state index contributed by atoms with van der Waals surface area (Å²) < 4.78 is 0. The summed E-state index contributed by atoms with van der Waals surface area (Å²) in [4.78, 5) is 45.0. The van der Waals surface area contributed by atoms with Crippen LogP contribution < -0.4 is 21.3 Å². The number of piperidine rings is 1. The molecule has 1 aromatic heterocycles. The van der Waals surface area contributed by atoms with Gasteiger partial charge in [0.05, 0.1) is 5.56 Å². The maximum atomic E-state index is 13.5. The molecular weight excluding hydrogens is 490 g/mol. The third kappa shape index (κ3) is 6.60. The Morgan fingerprint density at radius 2 is 1.87 bits per heavy atom. The van der Waals surface area contributed by atoms with E-state index in [1.807, 2.05) is 26.0 Å². The molecule has 4 rings (SSSR count). The van der Waals surface area contributed by atoms with Crippen molar-refractivity contribution in [2.24, 2.45) is 11.7 Å². The van der Waals surface area contributed by atoms with Gasteiger partial charge in [0.1, 0.15) is 5.82 Å². The molecule has 2 fully saturated rings. The number of aryl methyl sites for hydroxylation is 1. The first-order chi connectivity index (χ1) is 18.6. The summed E-state index contributed by atoms with van der Waals surface area (Å²) in [6.45, 7) is 10.3. The Hall–Kier alpha value is -3.42. The molecule has 8 heteroatoms. The Balaban J connectivity index is 1.50. The molecule has 4 N–H and O–H groups in total. The molecule has 4 atom stereocenters. The molecular formula is C31H43N5O3. The van der Waals surface area contributed by atoms with E-state index >= 15 is 0 Å². The highest BCUT2D eigenvalue weighted by Gasteiger charge is 2.35. The van der Waals surface area contributed by atoms with Crippen LogP contribution in [0.4, 0.5) is 11.5 Å². The monoisotopic (exact) mass is 533 g/mol. The first-order valence-corrected chi connectivity index (χ1v) is 14.4. The molecule has 0 radical (unpaired) electrons. The molecule has 1 saturated heterocycles. The lowest BCUT2D eigenvalue weighted by Gasteiger charge is -2.45. The standard InChI is InChI=1S/C31H43N5O3/c1-6-8-24-15-23(14-20(5)36(24)28-12-11-22(17-33-28)29(37)21-9-10-21)35-31(39)25-16-27(34-19(4)7-2)26(30(32)38)13-18(25)3/h11-13,16-17,19-21,23-24,34H,6-10,14-15H2,1-5H3,(H2,32,38)(H,35,39)/t19-,20?,23?,24?/m1/s1. The van der Waals surface area contributed by atoms with Crippen LogP contribution >= 0.6 is 0 Å². The number of nitrogens with two attached hydrogens (primary N) is 1. The van der Waals surface area contributed by atoms with E-state index in [4.69, 9.17) is 10.7 Å². The number of rotatable bonds is 11. The number of Topliss-reactive ketones (excluding diaryl/α,β-unsaturated/α-hetero) is 1. The van der Waals surface area contributed by atoms with Crippen LogP contribution in [0, 0.1) is 12.8 Å². The SMILES string of the molecule is CCCC1CC(NC(=O)c2cc(N[C@H](C)CC)c(C(N)=O)cc2C)CC(C)N1c1ccc(C(=O)C2CC2)cn1. The van der Waals surface area contributed by atoms with E-state index in [2.05, 4.69) is 36.3 Å². The number of pyridine rings is 1. The topological polar surface area (TPSA) is 117 Å². The molecule has 2 amide bonds. The van der Waals surface area contributed by atoms with Crippen LogP contribution in [-0.2, 0) is 0 Å². The molecule has 210 valence electrons. The molecule has 2 aliphatic rings. The molecule has 0 spiro atoms. The van der Waals surface area contributed by atoms with Gasteiger partial charge in [0, 0.05) is 53.1 Å². The van der Waals surface area contributed by atoms with Gasteiger partial charge in [0.2, 0.25) is 0 Å². The summed E-state index contributed by atoms with van der Waals surface area (Å²) in [5, 5.41) is 6.61. The van der Waals surface area contributed by atoms with Crippen LogP contribution in [0.5, 0.6) is 0 Å². The summed E-state index contributed by atoms with van der Waals surface area (Å²) in [6.07, 6.45) is 8.17. The second kappa shape index (κ2) is 12.2. The van der Waals surface area contributed by atoms with Crippen molar-refractivity contribution >= 4 is 29.1 Å². The maximum absolute atomic E-state index is 13.5. The molecule has 1 aromatic carbocycles. The average molecular weight is 534 g/mol. The van der Waals surface area contributed by atoms with Crippen molar-refractivity contribution in [3.63, 3.8) is 0 Å². The third-order valence-corrected chi connectivity index (χ3v) is 8.14. The number of nitrogens with zero attached hydrogens (tertiary/aromatic N) is 2. The first kappa shape index (κ1) is 28.6. The fraction of sp³-hybridized carbons (Fsp3) is 0.548. The number of ketones is 1. The van der Waals surface area contributed by atoms with Crippen molar-refractivity contribution in [3.05, 3.63) is 52.7 Å². The van der Waals surface area contributed by atoms with E-state index in [1.165, 1.54) is 0 Å². The number of carbonyl (C=O) groups is 3. The van der Waals surface area contributed by atoms with Gasteiger partial charge >= 0.3 is 0 Å². The van der Waals surface area contributed by atoms with Gasteiger partial charge in [-0.05, 0) is 89.1 Å². The zero-order chi connectivity index (χ0) is 28.3. The summed E-state index contributed by atoms with van der Waals surface area (Å²) in [5.74, 6) is 0.615. The lowest BCUT2D eigenvalue weighted by Crippen LogP contribution is -2.54. The van der Waals surface area contributed by atoms with Gasteiger partial charge in [0.25, 0.3) is 11.8 Å². The van der Waals surface area contributed by atoms with E-state index in [1.54, 1.807) is 18.3 Å². The lowest BCUT2D eigenvalue weighted by atomic mass is 9.89. The number of hydrogen-bond acceptors (Lipinski definition) is 6. The van der Waals surface area contributed by atoms with Gasteiger partial charge in [-0.25, -0.2) is 4.98 Å². The number of benzene rings is 1. The number of aromatic nitrogens is 1. The Kier molecular flexibility index (Phi) is 8.93.